The van der Waals surface area contributed by atoms with Crippen molar-refractivity contribution >= 4 is 0 Å². The molecule has 0 saturated carbocycles. The highest BCUT2D eigenvalue weighted by Gasteiger charge is 2.31. The predicted octanol–water partition coefficient (Wildman–Crippen LogP) is 8.53. The van der Waals surface area contributed by atoms with Gasteiger partial charge in [-0.05, 0) is 48.5 Å². The molecule has 28 heavy (non-hydrogen) atoms. The summed E-state index contributed by atoms with van der Waals surface area (Å²) in [6, 6.07) is 0. The molecule has 0 bridgehead atoms. The Balaban J connectivity index is 0. The summed E-state index contributed by atoms with van der Waals surface area (Å²) in [5.74, 6) is -0.888. The van der Waals surface area contributed by atoms with Gasteiger partial charge in [-0.3, -0.25) is 0 Å². The molecule has 4 nitrogen and oxygen atoms in total. The maximum atomic E-state index is 5.29. The Morgan fingerprint density at radius 3 is 0.929 bits per heavy atom. The van der Waals surface area contributed by atoms with E-state index in [-0.39, 0.29) is 11.2 Å². The minimum absolute atomic E-state index is 0.373. The third-order valence-corrected chi connectivity index (χ3v) is 4.04. The van der Waals surface area contributed by atoms with Crippen LogP contribution in [0.4, 0.5) is 0 Å². The Morgan fingerprint density at radius 1 is 0.429 bits per heavy atom. The van der Waals surface area contributed by atoms with E-state index in [1.54, 1.807) is 6.92 Å². The van der Waals surface area contributed by atoms with Crippen molar-refractivity contribution in [3.63, 3.8) is 0 Å². The van der Waals surface area contributed by atoms with Crippen LogP contribution in [-0.4, -0.2) is 17.0 Å². The van der Waals surface area contributed by atoms with Crippen molar-refractivity contribution in [3.8, 4) is 0 Å². The Kier molecular flexibility index (Phi) is 17.8. The van der Waals surface area contributed by atoms with Crippen molar-refractivity contribution in [3.05, 3.63) is 0 Å². The first-order valence-corrected chi connectivity index (χ1v) is 11.6. The lowest BCUT2D eigenvalue weighted by atomic mass is 10.1. The van der Waals surface area contributed by atoms with Crippen LogP contribution >= 0.6 is 0 Å². The molecule has 0 spiro atoms. The lowest BCUT2D eigenvalue weighted by Crippen LogP contribution is -2.38. The molecule has 0 aromatic carbocycles. The second-order valence-electron chi connectivity index (χ2n) is 9.87. The molecule has 0 heterocycles. The first-order valence-electron chi connectivity index (χ1n) is 11.6. The van der Waals surface area contributed by atoms with E-state index in [1.807, 2.05) is 48.5 Å². The van der Waals surface area contributed by atoms with E-state index >= 15 is 0 Å². The predicted molar refractivity (Wildman–Crippen MR) is 120 cm³/mol. The molecule has 0 radical (unpaired) electrons. The van der Waals surface area contributed by atoms with E-state index in [0.29, 0.717) is 6.42 Å². The third-order valence-electron chi connectivity index (χ3n) is 4.04. The summed E-state index contributed by atoms with van der Waals surface area (Å²) in [6.07, 6.45) is 15.1. The van der Waals surface area contributed by atoms with Crippen molar-refractivity contribution < 1.29 is 19.6 Å². The Morgan fingerprint density at radius 2 is 0.714 bits per heavy atom. The number of hydrogen-bond donors (Lipinski definition) is 0. The standard InChI is InChI=1S/C12H26O4.C12H26/c1-9-12(8,15-13-10(2,3)4)16-14-11(5,6)7;1-3-5-7-9-11-12-10-8-6-4-2/h9H2,1-8H3;3-12H2,1-2H3. The van der Waals surface area contributed by atoms with Crippen LogP contribution in [0.25, 0.3) is 0 Å². The van der Waals surface area contributed by atoms with E-state index < -0.39 is 5.79 Å². The van der Waals surface area contributed by atoms with Gasteiger partial charge in [-0.1, -0.05) is 85.0 Å². The van der Waals surface area contributed by atoms with Crippen LogP contribution in [-0.2, 0) is 19.6 Å². The monoisotopic (exact) mass is 404 g/mol. The van der Waals surface area contributed by atoms with Gasteiger partial charge in [0.2, 0.25) is 5.79 Å². The first kappa shape index (κ1) is 30.0. The molecule has 0 aromatic heterocycles. The smallest absolute Gasteiger partial charge is 0.228 e. The quantitative estimate of drug-likeness (QED) is 0.126. The summed E-state index contributed by atoms with van der Waals surface area (Å²) in [6.45, 7) is 19.7. The highest BCUT2D eigenvalue weighted by Crippen LogP contribution is 2.24. The summed E-state index contributed by atoms with van der Waals surface area (Å²) in [5.41, 5.74) is -0.747. The van der Waals surface area contributed by atoms with Crippen LogP contribution in [0.1, 0.15) is 140 Å². The van der Waals surface area contributed by atoms with Crippen LogP contribution in [0.15, 0.2) is 0 Å². The second-order valence-corrected chi connectivity index (χ2v) is 9.87. The second kappa shape index (κ2) is 16.6. The molecule has 0 aromatic rings. The normalized spacial score (nSPS) is 12.6. The van der Waals surface area contributed by atoms with Gasteiger partial charge in [-0.2, -0.15) is 9.78 Å². The molecule has 0 N–H and O–H groups in total. The minimum atomic E-state index is -0.888. The topological polar surface area (TPSA) is 36.9 Å². The van der Waals surface area contributed by atoms with Crippen LogP contribution in [0, 0.1) is 0 Å². The third kappa shape index (κ3) is 23.9. The lowest BCUT2D eigenvalue weighted by molar-refractivity contribution is -0.536. The van der Waals surface area contributed by atoms with Crippen LogP contribution in [0.2, 0.25) is 0 Å². The molecule has 0 fully saturated rings. The largest absolute Gasteiger partial charge is 0.231 e. The number of unbranched alkanes of at least 4 members (excludes halogenated alkanes) is 9. The van der Waals surface area contributed by atoms with E-state index in [1.165, 1.54) is 64.2 Å². The summed E-state index contributed by atoms with van der Waals surface area (Å²) in [4.78, 5) is 21.1. The van der Waals surface area contributed by atoms with Crippen molar-refractivity contribution in [2.45, 2.75) is 157 Å². The van der Waals surface area contributed by atoms with Crippen molar-refractivity contribution in [1.29, 1.82) is 0 Å². The maximum Gasteiger partial charge on any atom is 0.231 e. The summed E-state index contributed by atoms with van der Waals surface area (Å²) in [5, 5.41) is 0. The van der Waals surface area contributed by atoms with E-state index in [9.17, 15) is 0 Å². The van der Waals surface area contributed by atoms with Crippen LogP contribution in [0.5, 0.6) is 0 Å². The van der Waals surface area contributed by atoms with Gasteiger partial charge < -0.3 is 0 Å². The minimum Gasteiger partial charge on any atom is -0.228 e. The van der Waals surface area contributed by atoms with Gasteiger partial charge in [-0.15, -0.1) is 0 Å². The van der Waals surface area contributed by atoms with Crippen LogP contribution < -0.4 is 0 Å². The first-order chi connectivity index (χ1) is 12.9. The maximum absolute atomic E-state index is 5.29. The Hall–Kier alpha value is -0.160. The fraction of sp³-hybridized carbons (Fsp3) is 1.00. The number of hydrogen-bond acceptors (Lipinski definition) is 4. The zero-order valence-corrected chi connectivity index (χ0v) is 20.9. The molecule has 0 aliphatic heterocycles. The molecule has 0 rings (SSSR count). The highest BCUT2D eigenvalue weighted by molar-refractivity contribution is 4.60. The Labute approximate surface area is 176 Å². The van der Waals surface area contributed by atoms with Crippen molar-refractivity contribution in [2.24, 2.45) is 0 Å². The van der Waals surface area contributed by atoms with Crippen molar-refractivity contribution in [2.75, 3.05) is 0 Å². The fourth-order valence-corrected chi connectivity index (χ4v) is 2.12. The molecular weight excluding hydrogens is 352 g/mol. The van der Waals surface area contributed by atoms with Gasteiger partial charge in [0.15, 0.2) is 0 Å². The van der Waals surface area contributed by atoms with Gasteiger partial charge in [0, 0.05) is 6.42 Å². The SMILES string of the molecule is CCC(C)(OOC(C)(C)C)OOC(C)(C)C.CCCCCCCCCCCC. The summed E-state index contributed by atoms with van der Waals surface area (Å²) >= 11 is 0. The molecular formula is C24H52O4. The van der Waals surface area contributed by atoms with Gasteiger partial charge >= 0.3 is 0 Å². The van der Waals surface area contributed by atoms with E-state index in [0.717, 1.165) is 0 Å². The molecule has 0 aliphatic carbocycles. The molecule has 0 aliphatic rings. The van der Waals surface area contributed by atoms with Crippen molar-refractivity contribution in [1.82, 2.24) is 0 Å². The average molecular weight is 405 g/mol. The lowest BCUT2D eigenvalue weighted by Gasteiger charge is -2.31. The zero-order chi connectivity index (χ0) is 22.1. The van der Waals surface area contributed by atoms with Crippen LogP contribution in [0.3, 0.4) is 0 Å². The molecule has 0 amide bonds. The molecule has 0 saturated heterocycles. The van der Waals surface area contributed by atoms with Gasteiger partial charge in [0.25, 0.3) is 0 Å². The molecule has 172 valence electrons. The van der Waals surface area contributed by atoms with Gasteiger partial charge in [-0.25, -0.2) is 9.78 Å². The average Bonchev–Trinajstić information content (AvgIpc) is 2.60. The fourth-order valence-electron chi connectivity index (χ4n) is 2.12. The van der Waals surface area contributed by atoms with Gasteiger partial charge in [0.05, 0.1) is 11.2 Å². The summed E-state index contributed by atoms with van der Waals surface area (Å²) in [7, 11) is 0. The molecule has 4 heteroatoms. The summed E-state index contributed by atoms with van der Waals surface area (Å²) < 4.78 is 0. The molecule has 0 unspecified atom stereocenters. The van der Waals surface area contributed by atoms with E-state index in [4.69, 9.17) is 19.6 Å². The highest BCUT2D eigenvalue weighted by atomic mass is 17.3. The van der Waals surface area contributed by atoms with E-state index in [2.05, 4.69) is 13.8 Å². The number of rotatable bonds is 14. The Bertz CT molecular complexity index is 300. The zero-order valence-electron chi connectivity index (χ0n) is 20.9. The van der Waals surface area contributed by atoms with Gasteiger partial charge in [0.1, 0.15) is 0 Å². The molecule has 0 atom stereocenters.